The Hall–Kier alpha value is -1.62. The molecule has 1 aromatic heterocycles. The number of hydrogen-bond acceptors (Lipinski definition) is 5. The first kappa shape index (κ1) is 11.9. The molecule has 2 N–H and O–H groups in total. The summed E-state index contributed by atoms with van der Waals surface area (Å²) in [6.07, 6.45) is 1.64. The highest BCUT2D eigenvalue weighted by atomic mass is 32.2. The Morgan fingerprint density at radius 3 is 2.94 bits per heavy atom. The maximum atomic E-state index is 5.75. The number of aryl methyl sites for hydroxylation is 1. The summed E-state index contributed by atoms with van der Waals surface area (Å²) in [5.74, 6) is 1.49. The fraction of sp³-hybridized carbons (Fsp3) is 0.250. The number of hydrogen-bond donors (Lipinski definition) is 1. The number of anilines is 1. The van der Waals surface area contributed by atoms with Gasteiger partial charge in [0.1, 0.15) is 12.0 Å². The molecule has 0 saturated carbocycles. The molecule has 4 nitrogen and oxygen atoms in total. The summed E-state index contributed by atoms with van der Waals surface area (Å²) in [6.45, 7) is 2.47. The first-order chi connectivity index (χ1) is 8.25. The number of nitrogens with two attached hydrogens (primary N) is 1. The lowest BCUT2D eigenvalue weighted by molar-refractivity contribution is 0.345. The number of para-hydroxylation sites is 2. The van der Waals surface area contributed by atoms with Crippen molar-refractivity contribution in [2.45, 2.75) is 12.1 Å². The van der Waals surface area contributed by atoms with Crippen LogP contribution in [0.2, 0.25) is 0 Å². The molecule has 17 heavy (non-hydrogen) atoms. The molecule has 90 valence electrons. The van der Waals surface area contributed by atoms with Crippen LogP contribution in [0.3, 0.4) is 0 Å². The quantitative estimate of drug-likeness (QED) is 0.502. The zero-order chi connectivity index (χ0) is 12.1. The average molecular weight is 250 g/mol. The van der Waals surface area contributed by atoms with Crippen LogP contribution in [0.25, 0.3) is 0 Å². The minimum absolute atomic E-state index is 0.570. The Bertz CT molecular complexity index is 485. The Balaban J connectivity index is 1.75. The van der Waals surface area contributed by atoms with Gasteiger partial charge in [-0.3, -0.25) is 0 Å². The van der Waals surface area contributed by atoms with Crippen LogP contribution in [0.1, 0.15) is 5.69 Å². The van der Waals surface area contributed by atoms with Crippen molar-refractivity contribution in [2.24, 2.45) is 0 Å². The van der Waals surface area contributed by atoms with E-state index in [2.05, 4.69) is 4.98 Å². The lowest BCUT2D eigenvalue weighted by Crippen LogP contribution is -2.02. The normalized spacial score (nSPS) is 10.4. The van der Waals surface area contributed by atoms with Crippen molar-refractivity contribution < 1.29 is 9.15 Å². The molecule has 0 saturated heterocycles. The van der Waals surface area contributed by atoms with Crippen molar-refractivity contribution in [1.29, 1.82) is 0 Å². The van der Waals surface area contributed by atoms with Crippen molar-refractivity contribution in [2.75, 3.05) is 18.1 Å². The summed E-state index contributed by atoms with van der Waals surface area (Å²) >= 11 is 1.52. The highest BCUT2D eigenvalue weighted by Gasteiger charge is 2.02. The van der Waals surface area contributed by atoms with Crippen LogP contribution in [-0.2, 0) is 0 Å². The Kier molecular flexibility index (Phi) is 3.93. The van der Waals surface area contributed by atoms with E-state index in [1.54, 1.807) is 6.26 Å². The molecule has 0 amide bonds. The van der Waals surface area contributed by atoms with Gasteiger partial charge in [0.05, 0.1) is 18.0 Å². The molecule has 0 atom stereocenters. The van der Waals surface area contributed by atoms with Crippen LogP contribution in [-0.4, -0.2) is 17.3 Å². The minimum atomic E-state index is 0.570. The molecule has 0 radical (unpaired) electrons. The van der Waals surface area contributed by atoms with Gasteiger partial charge in [-0.1, -0.05) is 23.9 Å². The van der Waals surface area contributed by atoms with E-state index < -0.39 is 0 Å². The SMILES string of the molecule is Cc1coc(SCCOc2ccccc2N)n1. The molecule has 2 aromatic rings. The molecule has 0 aliphatic heterocycles. The third kappa shape index (κ3) is 3.42. The second kappa shape index (κ2) is 5.63. The summed E-state index contributed by atoms with van der Waals surface area (Å²) in [5, 5.41) is 0.673. The smallest absolute Gasteiger partial charge is 0.255 e. The van der Waals surface area contributed by atoms with Gasteiger partial charge in [-0.25, -0.2) is 4.98 Å². The molecule has 0 bridgehead atoms. The molecule has 5 heteroatoms. The second-order valence-electron chi connectivity index (χ2n) is 3.49. The molecule has 2 rings (SSSR count). The molecular formula is C12H14N2O2S. The maximum Gasteiger partial charge on any atom is 0.255 e. The van der Waals surface area contributed by atoms with E-state index >= 15 is 0 Å². The molecule has 1 aromatic carbocycles. The monoisotopic (exact) mass is 250 g/mol. The number of nitrogens with zero attached hydrogens (tertiary/aromatic N) is 1. The average Bonchev–Trinajstić information content (AvgIpc) is 2.73. The number of benzene rings is 1. The number of nitrogen functional groups attached to an aromatic ring is 1. The van der Waals surface area contributed by atoms with Gasteiger partial charge < -0.3 is 14.9 Å². The van der Waals surface area contributed by atoms with Gasteiger partial charge >= 0.3 is 0 Å². The van der Waals surface area contributed by atoms with E-state index in [1.165, 1.54) is 11.8 Å². The molecule has 0 aliphatic carbocycles. The van der Waals surface area contributed by atoms with E-state index in [1.807, 2.05) is 31.2 Å². The zero-order valence-electron chi connectivity index (χ0n) is 9.55. The predicted octanol–water partition coefficient (Wildman–Crippen LogP) is 2.74. The lowest BCUT2D eigenvalue weighted by atomic mass is 10.3. The third-order valence-corrected chi connectivity index (χ3v) is 2.89. The fourth-order valence-electron chi connectivity index (χ4n) is 1.29. The maximum absolute atomic E-state index is 5.75. The van der Waals surface area contributed by atoms with Gasteiger partial charge in [0.15, 0.2) is 0 Å². The highest BCUT2D eigenvalue weighted by Crippen LogP contribution is 2.21. The number of ether oxygens (including phenoxy) is 1. The van der Waals surface area contributed by atoms with Gasteiger partial charge in [-0.2, -0.15) is 0 Å². The number of thioether (sulfide) groups is 1. The molecule has 0 unspecified atom stereocenters. The predicted molar refractivity (Wildman–Crippen MR) is 68.3 cm³/mol. The van der Waals surface area contributed by atoms with Crippen molar-refractivity contribution in [3.8, 4) is 5.75 Å². The highest BCUT2D eigenvalue weighted by molar-refractivity contribution is 7.99. The van der Waals surface area contributed by atoms with Crippen molar-refractivity contribution in [3.05, 3.63) is 36.2 Å². The summed E-state index contributed by atoms with van der Waals surface area (Å²) in [7, 11) is 0. The summed E-state index contributed by atoms with van der Waals surface area (Å²) in [6, 6.07) is 7.46. The van der Waals surface area contributed by atoms with Crippen LogP contribution in [0, 0.1) is 6.92 Å². The molecule has 0 fully saturated rings. The van der Waals surface area contributed by atoms with Crippen molar-refractivity contribution in [1.82, 2.24) is 4.98 Å². The number of rotatable bonds is 5. The molecular weight excluding hydrogens is 236 g/mol. The minimum Gasteiger partial charge on any atom is -0.491 e. The molecule has 0 aliphatic rings. The van der Waals surface area contributed by atoms with Crippen LogP contribution in [0.15, 0.2) is 40.2 Å². The lowest BCUT2D eigenvalue weighted by Gasteiger charge is -2.07. The Morgan fingerprint density at radius 2 is 2.24 bits per heavy atom. The largest absolute Gasteiger partial charge is 0.491 e. The first-order valence-electron chi connectivity index (χ1n) is 5.28. The summed E-state index contributed by atoms with van der Waals surface area (Å²) < 4.78 is 10.8. The van der Waals surface area contributed by atoms with Gasteiger partial charge in [-0.15, -0.1) is 0 Å². The topological polar surface area (TPSA) is 61.3 Å². The molecule has 0 spiro atoms. The van der Waals surface area contributed by atoms with Crippen molar-refractivity contribution >= 4 is 17.4 Å². The third-order valence-electron chi connectivity index (χ3n) is 2.08. The van der Waals surface area contributed by atoms with Gasteiger partial charge in [0, 0.05) is 5.75 Å². The summed E-state index contributed by atoms with van der Waals surface area (Å²) in [4.78, 5) is 4.19. The van der Waals surface area contributed by atoms with E-state index in [0.717, 1.165) is 17.2 Å². The first-order valence-corrected chi connectivity index (χ1v) is 6.26. The van der Waals surface area contributed by atoms with Crippen molar-refractivity contribution in [3.63, 3.8) is 0 Å². The van der Waals surface area contributed by atoms with E-state index in [9.17, 15) is 0 Å². The zero-order valence-corrected chi connectivity index (χ0v) is 10.4. The fourth-order valence-corrected chi connectivity index (χ4v) is 1.96. The van der Waals surface area contributed by atoms with Crippen LogP contribution < -0.4 is 10.5 Å². The number of aromatic nitrogens is 1. The number of oxazole rings is 1. The van der Waals surface area contributed by atoms with E-state index in [0.29, 0.717) is 17.5 Å². The van der Waals surface area contributed by atoms with E-state index in [-0.39, 0.29) is 0 Å². The summed E-state index contributed by atoms with van der Waals surface area (Å²) in [5.41, 5.74) is 7.30. The van der Waals surface area contributed by atoms with Crippen LogP contribution in [0.5, 0.6) is 5.75 Å². The van der Waals surface area contributed by atoms with Gasteiger partial charge in [0.25, 0.3) is 5.22 Å². The van der Waals surface area contributed by atoms with Gasteiger partial charge in [-0.05, 0) is 19.1 Å². The standard InChI is InChI=1S/C12H14N2O2S/c1-9-8-16-12(14-9)17-7-6-15-11-5-3-2-4-10(11)13/h2-5,8H,6-7,13H2,1H3. The Morgan fingerprint density at radius 1 is 1.41 bits per heavy atom. The van der Waals surface area contributed by atoms with Crippen LogP contribution in [0.4, 0.5) is 5.69 Å². The van der Waals surface area contributed by atoms with Crippen LogP contribution >= 0.6 is 11.8 Å². The van der Waals surface area contributed by atoms with E-state index in [4.69, 9.17) is 14.9 Å². The van der Waals surface area contributed by atoms with Gasteiger partial charge in [0.2, 0.25) is 0 Å². The molecule has 1 heterocycles. The second-order valence-corrected chi connectivity index (χ2v) is 4.54. The Labute approximate surface area is 104 Å².